The monoisotopic (exact) mass is 343 g/mol. The smallest absolute Gasteiger partial charge is 0.139 e. The second kappa shape index (κ2) is 6.31. The summed E-state index contributed by atoms with van der Waals surface area (Å²) in [6.07, 6.45) is 11.7. The summed E-state index contributed by atoms with van der Waals surface area (Å²) in [5.41, 5.74) is 6.49. The van der Waals surface area contributed by atoms with Crippen LogP contribution in [0.5, 0.6) is 0 Å². The standard InChI is InChI=1S/C23H25N3/c1-16-7-9-17(10-8-16)13-20-14-18-15-25-23-21(11-12-24-23)22(18)26(20)19-5-3-2-4-6-19/h7-12,14-15,19H,2-6,13H2,1H3,(H,24,25). The zero-order chi connectivity index (χ0) is 17.5. The van der Waals surface area contributed by atoms with Crippen molar-refractivity contribution in [2.75, 3.05) is 0 Å². The molecule has 0 unspecified atom stereocenters. The van der Waals surface area contributed by atoms with Crippen molar-refractivity contribution in [3.05, 3.63) is 65.6 Å². The number of nitrogens with zero attached hydrogens (tertiary/aromatic N) is 2. The molecular formula is C23H25N3. The van der Waals surface area contributed by atoms with Crippen molar-refractivity contribution < 1.29 is 0 Å². The first-order valence-corrected chi connectivity index (χ1v) is 9.81. The molecule has 0 spiro atoms. The van der Waals surface area contributed by atoms with Crippen molar-refractivity contribution in [2.45, 2.75) is 51.5 Å². The summed E-state index contributed by atoms with van der Waals surface area (Å²) < 4.78 is 2.65. The van der Waals surface area contributed by atoms with Crippen molar-refractivity contribution >= 4 is 21.9 Å². The van der Waals surface area contributed by atoms with E-state index in [1.54, 1.807) is 0 Å². The predicted octanol–water partition coefficient (Wildman–Crippen LogP) is 5.92. The van der Waals surface area contributed by atoms with Gasteiger partial charge in [0.2, 0.25) is 0 Å². The molecule has 0 radical (unpaired) electrons. The Balaban J connectivity index is 1.69. The Morgan fingerprint density at radius 2 is 1.88 bits per heavy atom. The van der Waals surface area contributed by atoms with Gasteiger partial charge in [0.25, 0.3) is 0 Å². The molecule has 1 N–H and O–H groups in total. The van der Waals surface area contributed by atoms with E-state index in [0.29, 0.717) is 6.04 Å². The Morgan fingerprint density at radius 1 is 1.08 bits per heavy atom. The predicted molar refractivity (Wildman–Crippen MR) is 108 cm³/mol. The molecule has 0 amide bonds. The van der Waals surface area contributed by atoms with Gasteiger partial charge in [0.1, 0.15) is 5.65 Å². The van der Waals surface area contributed by atoms with Crippen LogP contribution in [-0.2, 0) is 6.42 Å². The zero-order valence-electron chi connectivity index (χ0n) is 15.3. The summed E-state index contributed by atoms with van der Waals surface area (Å²) in [6.45, 7) is 2.15. The lowest BCUT2D eigenvalue weighted by molar-refractivity contribution is 0.356. The summed E-state index contributed by atoms with van der Waals surface area (Å²) in [7, 11) is 0. The van der Waals surface area contributed by atoms with Crippen LogP contribution < -0.4 is 0 Å². The largest absolute Gasteiger partial charge is 0.346 e. The molecule has 4 aromatic rings. The van der Waals surface area contributed by atoms with Gasteiger partial charge in [-0.3, -0.25) is 0 Å². The fourth-order valence-electron chi connectivity index (χ4n) is 4.58. The highest BCUT2D eigenvalue weighted by Gasteiger charge is 2.22. The minimum atomic E-state index is 0.613. The van der Waals surface area contributed by atoms with Gasteiger partial charge in [-0.15, -0.1) is 0 Å². The molecule has 1 saturated carbocycles. The van der Waals surface area contributed by atoms with Gasteiger partial charge in [-0.2, -0.15) is 0 Å². The molecule has 1 fully saturated rings. The molecule has 3 heteroatoms. The SMILES string of the molecule is Cc1ccc(Cc2cc3cnc4[nH]ccc4c3n2C2CCCCC2)cc1. The van der Waals surface area contributed by atoms with Crippen LogP contribution >= 0.6 is 0 Å². The van der Waals surface area contributed by atoms with Crippen LogP contribution in [0, 0.1) is 6.92 Å². The minimum absolute atomic E-state index is 0.613. The Kier molecular flexibility index (Phi) is 3.81. The molecule has 3 heterocycles. The van der Waals surface area contributed by atoms with Gasteiger partial charge in [-0.1, -0.05) is 49.1 Å². The Hall–Kier alpha value is -2.55. The van der Waals surface area contributed by atoms with Gasteiger partial charge >= 0.3 is 0 Å². The molecule has 3 nitrogen and oxygen atoms in total. The number of pyridine rings is 1. The van der Waals surface area contributed by atoms with Crippen LogP contribution in [0.15, 0.2) is 48.8 Å². The van der Waals surface area contributed by atoms with E-state index in [-0.39, 0.29) is 0 Å². The highest BCUT2D eigenvalue weighted by Crippen LogP contribution is 2.36. The molecule has 1 aliphatic carbocycles. The topological polar surface area (TPSA) is 33.6 Å². The molecule has 1 aromatic carbocycles. The normalized spacial score (nSPS) is 15.9. The number of H-pyrrole nitrogens is 1. The van der Waals surface area contributed by atoms with Crippen LogP contribution in [0.25, 0.3) is 21.9 Å². The number of nitrogens with one attached hydrogen (secondary N) is 1. The highest BCUT2D eigenvalue weighted by atomic mass is 15.0. The van der Waals surface area contributed by atoms with Crippen LogP contribution in [0.3, 0.4) is 0 Å². The van der Waals surface area contributed by atoms with Gasteiger partial charge < -0.3 is 9.55 Å². The lowest BCUT2D eigenvalue weighted by Gasteiger charge is -2.27. The van der Waals surface area contributed by atoms with E-state index < -0.39 is 0 Å². The van der Waals surface area contributed by atoms with Crippen molar-refractivity contribution in [1.82, 2.24) is 14.5 Å². The van der Waals surface area contributed by atoms with Crippen molar-refractivity contribution in [1.29, 1.82) is 0 Å². The van der Waals surface area contributed by atoms with Gasteiger partial charge in [-0.25, -0.2) is 4.98 Å². The van der Waals surface area contributed by atoms with Crippen LogP contribution in [-0.4, -0.2) is 14.5 Å². The summed E-state index contributed by atoms with van der Waals surface area (Å²) in [5.74, 6) is 0. The van der Waals surface area contributed by atoms with Crippen LogP contribution in [0.1, 0.15) is 55.0 Å². The van der Waals surface area contributed by atoms with Crippen molar-refractivity contribution in [3.8, 4) is 0 Å². The second-order valence-corrected chi connectivity index (χ2v) is 7.76. The fourth-order valence-corrected chi connectivity index (χ4v) is 4.58. The number of hydrogen-bond donors (Lipinski definition) is 1. The lowest BCUT2D eigenvalue weighted by Crippen LogP contribution is -2.15. The average Bonchev–Trinajstić information content (AvgIpc) is 3.28. The molecule has 0 aliphatic heterocycles. The number of aryl methyl sites for hydroxylation is 1. The van der Waals surface area contributed by atoms with Gasteiger partial charge in [0.05, 0.1) is 5.52 Å². The third kappa shape index (κ3) is 2.63. The molecule has 5 rings (SSSR count). The van der Waals surface area contributed by atoms with E-state index in [2.05, 4.69) is 57.9 Å². The van der Waals surface area contributed by atoms with Crippen molar-refractivity contribution in [2.24, 2.45) is 0 Å². The summed E-state index contributed by atoms with van der Waals surface area (Å²) >= 11 is 0. The first-order valence-electron chi connectivity index (χ1n) is 9.81. The number of fused-ring (bicyclic) bond motifs is 3. The maximum atomic E-state index is 4.62. The van der Waals surface area contributed by atoms with Gasteiger partial charge in [0, 0.05) is 41.3 Å². The number of aromatic amines is 1. The minimum Gasteiger partial charge on any atom is -0.346 e. The molecule has 132 valence electrons. The Morgan fingerprint density at radius 3 is 2.69 bits per heavy atom. The Labute approximate surface area is 154 Å². The van der Waals surface area contributed by atoms with Crippen molar-refractivity contribution in [3.63, 3.8) is 0 Å². The van der Waals surface area contributed by atoms with E-state index >= 15 is 0 Å². The van der Waals surface area contributed by atoms with E-state index in [0.717, 1.165) is 12.1 Å². The first-order chi connectivity index (χ1) is 12.8. The average molecular weight is 343 g/mol. The third-order valence-corrected chi connectivity index (χ3v) is 5.90. The molecule has 3 aromatic heterocycles. The number of hydrogen-bond acceptors (Lipinski definition) is 1. The maximum Gasteiger partial charge on any atom is 0.139 e. The molecule has 0 bridgehead atoms. The first kappa shape index (κ1) is 15.7. The van der Waals surface area contributed by atoms with E-state index in [1.165, 1.54) is 65.2 Å². The van der Waals surface area contributed by atoms with E-state index in [1.807, 2.05) is 12.4 Å². The summed E-state index contributed by atoms with van der Waals surface area (Å²) in [6, 6.07) is 14.1. The van der Waals surface area contributed by atoms with Gasteiger partial charge in [0.15, 0.2) is 0 Å². The summed E-state index contributed by atoms with van der Waals surface area (Å²) in [5, 5.41) is 2.52. The number of rotatable bonds is 3. The molecule has 0 saturated heterocycles. The molecule has 1 aliphatic rings. The Bertz CT molecular complexity index is 1050. The second-order valence-electron chi connectivity index (χ2n) is 7.76. The van der Waals surface area contributed by atoms with E-state index in [4.69, 9.17) is 0 Å². The van der Waals surface area contributed by atoms with Crippen LogP contribution in [0.4, 0.5) is 0 Å². The fraction of sp³-hybridized carbons (Fsp3) is 0.348. The lowest BCUT2D eigenvalue weighted by atomic mass is 9.94. The van der Waals surface area contributed by atoms with Gasteiger partial charge in [-0.05, 0) is 37.5 Å². The molecule has 26 heavy (non-hydrogen) atoms. The quantitative estimate of drug-likeness (QED) is 0.492. The zero-order valence-corrected chi connectivity index (χ0v) is 15.3. The maximum absolute atomic E-state index is 4.62. The third-order valence-electron chi connectivity index (χ3n) is 5.90. The highest BCUT2D eigenvalue weighted by molar-refractivity contribution is 6.03. The molecular weight excluding hydrogens is 318 g/mol. The molecule has 0 atom stereocenters. The summed E-state index contributed by atoms with van der Waals surface area (Å²) in [4.78, 5) is 7.90. The number of aromatic nitrogens is 3. The van der Waals surface area contributed by atoms with Crippen LogP contribution in [0.2, 0.25) is 0 Å². The van der Waals surface area contributed by atoms with E-state index in [9.17, 15) is 0 Å². The number of benzene rings is 1.